The highest BCUT2D eigenvalue weighted by atomic mass is 16.5. The molecule has 5 nitrogen and oxygen atoms in total. The summed E-state index contributed by atoms with van der Waals surface area (Å²) in [5, 5.41) is 0. The lowest BCUT2D eigenvalue weighted by molar-refractivity contribution is -0.146. The molecular formula is C22H40N2O3. The second-order valence-electron chi connectivity index (χ2n) is 8.56. The van der Waals surface area contributed by atoms with Crippen LogP contribution in [0.15, 0.2) is 0 Å². The second-order valence-corrected chi connectivity index (χ2v) is 8.56. The lowest BCUT2D eigenvalue weighted by Gasteiger charge is -2.27. The normalized spacial score (nSPS) is 19.8. The molecule has 2 fully saturated rings. The fraction of sp³-hybridized carbons (Fsp3) is 0.909. The summed E-state index contributed by atoms with van der Waals surface area (Å²) < 4.78 is 4.86. The number of unbranched alkanes of at least 4 members (excludes halogenated alkanes) is 1. The Bertz CT molecular complexity index is 443. The Morgan fingerprint density at radius 1 is 1.07 bits per heavy atom. The molecule has 1 amide bonds. The molecule has 0 aromatic carbocycles. The summed E-state index contributed by atoms with van der Waals surface area (Å²) in [5.74, 6) is 0.458. The van der Waals surface area contributed by atoms with Gasteiger partial charge < -0.3 is 14.5 Å². The third-order valence-electron chi connectivity index (χ3n) is 6.29. The average molecular weight is 381 g/mol. The Hall–Kier alpha value is -1.10. The number of hydrogen-bond donors (Lipinski definition) is 0. The summed E-state index contributed by atoms with van der Waals surface area (Å²) in [6.45, 7) is 6.69. The maximum absolute atomic E-state index is 12.8. The monoisotopic (exact) mass is 380 g/mol. The molecule has 0 spiro atoms. The van der Waals surface area contributed by atoms with Crippen molar-refractivity contribution in [2.24, 2.45) is 11.8 Å². The molecule has 0 N–H and O–H groups in total. The van der Waals surface area contributed by atoms with E-state index in [1.54, 1.807) is 0 Å². The molecule has 1 atom stereocenters. The maximum atomic E-state index is 12.8. The fourth-order valence-corrected chi connectivity index (χ4v) is 4.53. The zero-order valence-corrected chi connectivity index (χ0v) is 17.6. The van der Waals surface area contributed by atoms with Crippen molar-refractivity contribution in [2.45, 2.75) is 77.6 Å². The van der Waals surface area contributed by atoms with Crippen molar-refractivity contribution in [3.05, 3.63) is 0 Å². The molecule has 1 heterocycles. The number of rotatable bonds is 11. The Morgan fingerprint density at radius 3 is 2.44 bits per heavy atom. The number of carbonyl (C=O) groups is 2. The Kier molecular flexibility index (Phi) is 10.2. The molecule has 1 aliphatic carbocycles. The SMILES string of the molecule is COC(=O)C(C)CN(CCCCN1CCCC1)C(=O)CCC1CCCCC1. The van der Waals surface area contributed by atoms with E-state index in [1.807, 2.05) is 11.8 Å². The molecule has 1 saturated carbocycles. The van der Waals surface area contributed by atoms with Crippen molar-refractivity contribution < 1.29 is 14.3 Å². The molecule has 0 radical (unpaired) electrons. The Labute approximate surface area is 165 Å². The van der Waals surface area contributed by atoms with Gasteiger partial charge in [0.25, 0.3) is 0 Å². The quantitative estimate of drug-likeness (QED) is 0.403. The summed E-state index contributed by atoms with van der Waals surface area (Å²) in [6, 6.07) is 0. The average Bonchev–Trinajstić information content (AvgIpc) is 3.21. The van der Waals surface area contributed by atoms with Crippen LogP contribution in [-0.2, 0) is 14.3 Å². The van der Waals surface area contributed by atoms with E-state index in [2.05, 4.69) is 4.90 Å². The van der Waals surface area contributed by atoms with Crippen molar-refractivity contribution in [3.8, 4) is 0 Å². The first-order chi connectivity index (χ1) is 13.1. The highest BCUT2D eigenvalue weighted by Gasteiger charge is 2.23. The van der Waals surface area contributed by atoms with Crippen LogP contribution in [0.3, 0.4) is 0 Å². The van der Waals surface area contributed by atoms with Crippen LogP contribution in [0.25, 0.3) is 0 Å². The van der Waals surface area contributed by atoms with E-state index in [9.17, 15) is 9.59 Å². The van der Waals surface area contributed by atoms with Gasteiger partial charge in [-0.25, -0.2) is 0 Å². The van der Waals surface area contributed by atoms with E-state index < -0.39 is 0 Å². The van der Waals surface area contributed by atoms with E-state index in [0.29, 0.717) is 13.0 Å². The molecule has 1 aliphatic heterocycles. The third-order valence-corrected chi connectivity index (χ3v) is 6.29. The molecule has 0 aromatic rings. The van der Waals surface area contributed by atoms with Crippen LogP contribution in [0.2, 0.25) is 0 Å². The molecular weight excluding hydrogens is 340 g/mol. The molecule has 1 unspecified atom stereocenters. The highest BCUT2D eigenvalue weighted by molar-refractivity contribution is 5.78. The van der Waals surface area contributed by atoms with Gasteiger partial charge in [0, 0.05) is 19.5 Å². The van der Waals surface area contributed by atoms with Gasteiger partial charge in [0.15, 0.2) is 0 Å². The van der Waals surface area contributed by atoms with Crippen molar-refractivity contribution in [1.82, 2.24) is 9.80 Å². The minimum absolute atomic E-state index is 0.220. The second kappa shape index (κ2) is 12.4. The van der Waals surface area contributed by atoms with Crippen molar-refractivity contribution in [2.75, 3.05) is 39.8 Å². The van der Waals surface area contributed by atoms with Crippen LogP contribution in [-0.4, -0.2) is 61.5 Å². The number of amides is 1. The summed E-state index contributed by atoms with van der Waals surface area (Å²) in [7, 11) is 1.42. The number of nitrogens with zero attached hydrogens (tertiary/aromatic N) is 2. The smallest absolute Gasteiger partial charge is 0.310 e. The molecule has 1 saturated heterocycles. The lowest BCUT2D eigenvalue weighted by Crippen LogP contribution is -2.38. The first-order valence-electron chi connectivity index (χ1n) is 11.2. The van der Waals surface area contributed by atoms with Crippen molar-refractivity contribution in [1.29, 1.82) is 0 Å². The molecule has 2 rings (SSSR count). The summed E-state index contributed by atoms with van der Waals surface area (Å²) >= 11 is 0. The zero-order chi connectivity index (χ0) is 19.5. The van der Waals surface area contributed by atoms with Crippen LogP contribution in [0, 0.1) is 11.8 Å². The van der Waals surface area contributed by atoms with Crippen LogP contribution >= 0.6 is 0 Å². The van der Waals surface area contributed by atoms with Gasteiger partial charge in [0.05, 0.1) is 13.0 Å². The van der Waals surface area contributed by atoms with Gasteiger partial charge >= 0.3 is 5.97 Å². The first kappa shape index (κ1) is 22.2. The van der Waals surface area contributed by atoms with Gasteiger partial charge in [0.1, 0.15) is 0 Å². The van der Waals surface area contributed by atoms with Crippen LogP contribution in [0.4, 0.5) is 0 Å². The topological polar surface area (TPSA) is 49.9 Å². The van der Waals surface area contributed by atoms with E-state index in [0.717, 1.165) is 38.3 Å². The van der Waals surface area contributed by atoms with E-state index in [1.165, 1.54) is 65.1 Å². The first-order valence-corrected chi connectivity index (χ1v) is 11.2. The van der Waals surface area contributed by atoms with Gasteiger partial charge in [-0.3, -0.25) is 9.59 Å². The predicted octanol–water partition coefficient (Wildman–Crippen LogP) is 3.86. The molecule has 156 valence electrons. The zero-order valence-electron chi connectivity index (χ0n) is 17.6. The lowest BCUT2D eigenvalue weighted by atomic mass is 9.86. The van der Waals surface area contributed by atoms with Crippen LogP contribution in [0.5, 0.6) is 0 Å². The Balaban J connectivity index is 1.77. The standard InChI is InChI=1S/C22H40N2O3/c1-19(22(26)27-2)18-24(17-9-8-16-23-14-6-7-15-23)21(25)13-12-20-10-4-3-5-11-20/h19-20H,3-18H2,1-2H3. The van der Waals surface area contributed by atoms with Gasteiger partial charge in [0.2, 0.25) is 5.91 Å². The summed E-state index contributed by atoms with van der Waals surface area (Å²) in [6.07, 6.45) is 13.0. The summed E-state index contributed by atoms with van der Waals surface area (Å²) in [5.41, 5.74) is 0. The Morgan fingerprint density at radius 2 is 1.78 bits per heavy atom. The van der Waals surface area contributed by atoms with E-state index in [4.69, 9.17) is 4.74 Å². The van der Waals surface area contributed by atoms with Crippen molar-refractivity contribution >= 4 is 11.9 Å². The highest BCUT2D eigenvalue weighted by Crippen LogP contribution is 2.27. The minimum Gasteiger partial charge on any atom is -0.469 e. The number of ether oxygens (including phenoxy) is 1. The molecule has 5 heteroatoms. The molecule has 0 aromatic heterocycles. The van der Waals surface area contributed by atoms with Crippen molar-refractivity contribution in [3.63, 3.8) is 0 Å². The molecule has 27 heavy (non-hydrogen) atoms. The minimum atomic E-state index is -0.257. The molecule has 0 bridgehead atoms. The summed E-state index contributed by atoms with van der Waals surface area (Å²) in [4.78, 5) is 29.1. The van der Waals surface area contributed by atoms with Crippen LogP contribution < -0.4 is 0 Å². The number of methoxy groups -OCH3 is 1. The maximum Gasteiger partial charge on any atom is 0.310 e. The number of esters is 1. The number of likely N-dealkylation sites (tertiary alicyclic amines) is 1. The fourth-order valence-electron chi connectivity index (χ4n) is 4.53. The van der Waals surface area contributed by atoms with Gasteiger partial charge in [-0.2, -0.15) is 0 Å². The molecule has 2 aliphatic rings. The van der Waals surface area contributed by atoms with Gasteiger partial charge in [-0.15, -0.1) is 0 Å². The van der Waals surface area contributed by atoms with Gasteiger partial charge in [-0.05, 0) is 57.7 Å². The number of hydrogen-bond acceptors (Lipinski definition) is 4. The van der Waals surface area contributed by atoms with E-state index in [-0.39, 0.29) is 17.8 Å². The van der Waals surface area contributed by atoms with Crippen LogP contribution in [0.1, 0.15) is 77.6 Å². The number of carbonyl (C=O) groups excluding carboxylic acids is 2. The predicted molar refractivity (Wildman–Crippen MR) is 108 cm³/mol. The largest absolute Gasteiger partial charge is 0.469 e. The van der Waals surface area contributed by atoms with Gasteiger partial charge in [-0.1, -0.05) is 39.0 Å². The van der Waals surface area contributed by atoms with E-state index >= 15 is 0 Å². The third kappa shape index (κ3) is 8.20.